The minimum atomic E-state index is -3.01. The van der Waals surface area contributed by atoms with Crippen molar-refractivity contribution in [1.82, 2.24) is 4.57 Å². The van der Waals surface area contributed by atoms with Gasteiger partial charge in [-0.05, 0) is 24.6 Å². The molecule has 1 aliphatic heterocycles. The quantitative estimate of drug-likeness (QED) is 0.328. The van der Waals surface area contributed by atoms with Crippen molar-refractivity contribution < 1.29 is 23.0 Å². The molecule has 3 aromatic carbocycles. The van der Waals surface area contributed by atoms with Crippen LogP contribution in [-0.2, 0) is 9.53 Å². The second-order valence-corrected chi connectivity index (χ2v) is 9.27. The smallest absolute Gasteiger partial charge is 0.387 e. The summed E-state index contributed by atoms with van der Waals surface area (Å²) in [5.74, 6) is -0.626. The normalized spacial score (nSPS) is 15.3. The summed E-state index contributed by atoms with van der Waals surface area (Å²) in [6.45, 7) is -1.15. The third-order valence-electron chi connectivity index (χ3n) is 5.91. The van der Waals surface area contributed by atoms with E-state index < -0.39 is 24.2 Å². The molecule has 0 aliphatic carbocycles. The average molecular weight is 533 g/mol. The van der Waals surface area contributed by atoms with Crippen molar-refractivity contribution in [3.63, 3.8) is 0 Å². The summed E-state index contributed by atoms with van der Waals surface area (Å²) >= 11 is 1.11. The molecular weight excluding hydrogens is 510 g/mol. The number of ether oxygens (including phenoxy) is 2. The standard InChI is InChI=1S/C29H22F2N2O4S/c1-2-36-27(35)23-24(18-11-5-3-6-12-18)32-29-33(25(23)19-13-7-4-8-14-19)26(34)22(38-29)17-20-15-9-10-16-21(20)37-28(30)31/h3-17,25,28H,2H2,1H3/b22-17+/t25-/m0/s1. The minimum Gasteiger partial charge on any atom is -0.463 e. The molecule has 0 saturated heterocycles. The van der Waals surface area contributed by atoms with Crippen LogP contribution in [0, 0.1) is 0 Å². The predicted molar refractivity (Wildman–Crippen MR) is 141 cm³/mol. The second kappa shape index (κ2) is 10.9. The molecule has 0 bridgehead atoms. The van der Waals surface area contributed by atoms with Gasteiger partial charge in [0, 0.05) is 11.1 Å². The Labute approximate surface area is 220 Å². The lowest BCUT2D eigenvalue weighted by atomic mass is 9.93. The first kappa shape index (κ1) is 25.3. The number of fused-ring (bicyclic) bond motifs is 1. The summed E-state index contributed by atoms with van der Waals surface area (Å²) < 4.78 is 37.7. The Kier molecular flexibility index (Phi) is 7.28. The molecular formula is C29H22F2N2O4S. The van der Waals surface area contributed by atoms with Crippen LogP contribution in [0.15, 0.2) is 100 Å². The zero-order chi connectivity index (χ0) is 26.6. The van der Waals surface area contributed by atoms with E-state index in [-0.39, 0.29) is 22.5 Å². The zero-order valence-electron chi connectivity index (χ0n) is 20.2. The molecule has 192 valence electrons. The number of alkyl halides is 2. The lowest BCUT2D eigenvalue weighted by molar-refractivity contribution is -0.138. The van der Waals surface area contributed by atoms with E-state index in [1.54, 1.807) is 25.1 Å². The molecule has 4 aromatic rings. The number of rotatable bonds is 7. The number of nitrogens with zero attached hydrogens (tertiary/aromatic N) is 2. The van der Waals surface area contributed by atoms with Crippen LogP contribution in [0.4, 0.5) is 8.78 Å². The summed E-state index contributed by atoms with van der Waals surface area (Å²) in [6, 6.07) is 23.8. The molecule has 9 heteroatoms. The first-order chi connectivity index (χ1) is 18.5. The van der Waals surface area contributed by atoms with Crippen molar-refractivity contribution in [3.8, 4) is 5.75 Å². The van der Waals surface area contributed by atoms with Gasteiger partial charge in [0.2, 0.25) is 0 Å². The van der Waals surface area contributed by atoms with Crippen molar-refractivity contribution in [3.05, 3.63) is 127 Å². The molecule has 0 saturated carbocycles. The maximum absolute atomic E-state index is 13.8. The Hall–Kier alpha value is -4.37. The molecule has 0 amide bonds. The van der Waals surface area contributed by atoms with E-state index in [9.17, 15) is 18.4 Å². The number of esters is 1. The molecule has 1 atom stereocenters. The fraction of sp³-hybridized carbons (Fsp3) is 0.138. The van der Waals surface area contributed by atoms with E-state index in [1.807, 2.05) is 60.7 Å². The Morgan fingerprint density at radius 2 is 1.68 bits per heavy atom. The van der Waals surface area contributed by atoms with Gasteiger partial charge in [-0.25, -0.2) is 9.79 Å². The fourth-order valence-corrected chi connectivity index (χ4v) is 5.33. The van der Waals surface area contributed by atoms with E-state index in [0.717, 1.165) is 11.3 Å². The van der Waals surface area contributed by atoms with Gasteiger partial charge in [0.05, 0.1) is 28.5 Å². The van der Waals surface area contributed by atoms with Gasteiger partial charge in [-0.2, -0.15) is 8.78 Å². The van der Waals surface area contributed by atoms with Crippen LogP contribution in [0.3, 0.4) is 0 Å². The lowest BCUT2D eigenvalue weighted by Gasteiger charge is -2.25. The van der Waals surface area contributed by atoms with Crippen molar-refractivity contribution >= 4 is 29.1 Å². The van der Waals surface area contributed by atoms with Gasteiger partial charge in [-0.15, -0.1) is 0 Å². The molecule has 1 aromatic heterocycles. The van der Waals surface area contributed by atoms with Gasteiger partial charge in [-0.3, -0.25) is 9.36 Å². The highest BCUT2D eigenvalue weighted by Crippen LogP contribution is 2.35. The first-order valence-corrected chi connectivity index (χ1v) is 12.7. The number of thiazole rings is 1. The molecule has 5 rings (SSSR count). The number of benzene rings is 3. The SMILES string of the molecule is CCOC(=O)C1=C(c2ccccc2)N=c2s/c(=C/c3ccccc3OC(F)F)c(=O)n2[C@H]1c1ccccc1. The molecule has 1 aliphatic rings. The van der Waals surface area contributed by atoms with Gasteiger partial charge in [0.1, 0.15) is 5.75 Å². The van der Waals surface area contributed by atoms with Crippen LogP contribution < -0.4 is 19.6 Å². The van der Waals surface area contributed by atoms with Crippen LogP contribution in [0.25, 0.3) is 11.8 Å². The molecule has 6 nitrogen and oxygen atoms in total. The van der Waals surface area contributed by atoms with Crippen molar-refractivity contribution in [2.75, 3.05) is 6.61 Å². The number of carbonyl (C=O) groups excluding carboxylic acids is 1. The molecule has 0 radical (unpaired) electrons. The van der Waals surface area contributed by atoms with Gasteiger partial charge in [0.25, 0.3) is 5.56 Å². The fourth-order valence-electron chi connectivity index (χ4n) is 4.34. The number of hydrogen-bond donors (Lipinski definition) is 0. The van der Waals surface area contributed by atoms with E-state index in [1.165, 1.54) is 16.7 Å². The maximum Gasteiger partial charge on any atom is 0.387 e. The number of para-hydroxylation sites is 1. The van der Waals surface area contributed by atoms with Gasteiger partial charge < -0.3 is 9.47 Å². The maximum atomic E-state index is 13.8. The van der Waals surface area contributed by atoms with E-state index >= 15 is 0 Å². The van der Waals surface area contributed by atoms with Crippen molar-refractivity contribution in [2.45, 2.75) is 19.6 Å². The molecule has 0 spiro atoms. The monoisotopic (exact) mass is 532 g/mol. The van der Waals surface area contributed by atoms with Crippen molar-refractivity contribution in [1.29, 1.82) is 0 Å². The lowest BCUT2D eigenvalue weighted by Crippen LogP contribution is -2.40. The van der Waals surface area contributed by atoms with E-state index in [4.69, 9.17) is 9.73 Å². The average Bonchev–Trinajstić information content (AvgIpc) is 3.24. The third-order valence-corrected chi connectivity index (χ3v) is 6.89. The Balaban J connectivity index is 1.80. The van der Waals surface area contributed by atoms with E-state index in [2.05, 4.69) is 4.74 Å². The summed E-state index contributed by atoms with van der Waals surface area (Å²) in [5.41, 5.74) is 1.96. The Morgan fingerprint density at radius 1 is 1.03 bits per heavy atom. The number of aromatic nitrogens is 1. The molecule has 0 N–H and O–H groups in total. The van der Waals surface area contributed by atoms with Crippen LogP contribution in [-0.4, -0.2) is 23.8 Å². The summed E-state index contributed by atoms with van der Waals surface area (Å²) in [4.78, 5) is 32.3. The summed E-state index contributed by atoms with van der Waals surface area (Å²) in [7, 11) is 0. The minimum absolute atomic E-state index is 0.0508. The largest absolute Gasteiger partial charge is 0.463 e. The highest BCUT2D eigenvalue weighted by Gasteiger charge is 2.35. The second-order valence-electron chi connectivity index (χ2n) is 8.26. The van der Waals surface area contributed by atoms with Crippen LogP contribution >= 0.6 is 11.3 Å². The van der Waals surface area contributed by atoms with Gasteiger partial charge in [-0.1, -0.05) is 90.2 Å². The third kappa shape index (κ3) is 4.92. The van der Waals surface area contributed by atoms with Crippen LogP contribution in [0.1, 0.15) is 29.7 Å². The topological polar surface area (TPSA) is 69.9 Å². The zero-order valence-corrected chi connectivity index (χ0v) is 21.0. The number of carbonyl (C=O) groups is 1. The van der Waals surface area contributed by atoms with Gasteiger partial charge in [0.15, 0.2) is 4.80 Å². The van der Waals surface area contributed by atoms with Crippen LogP contribution in [0.5, 0.6) is 5.75 Å². The van der Waals surface area contributed by atoms with Crippen LogP contribution in [0.2, 0.25) is 0 Å². The highest BCUT2D eigenvalue weighted by molar-refractivity contribution is 7.07. The predicted octanol–water partition coefficient (Wildman–Crippen LogP) is 4.54. The number of hydrogen-bond acceptors (Lipinski definition) is 6. The van der Waals surface area contributed by atoms with Crippen molar-refractivity contribution in [2.24, 2.45) is 4.99 Å². The number of halogens is 2. The molecule has 0 fully saturated rings. The first-order valence-electron chi connectivity index (χ1n) is 11.8. The Morgan fingerprint density at radius 3 is 2.37 bits per heavy atom. The molecule has 38 heavy (non-hydrogen) atoms. The Bertz CT molecular complexity index is 1680. The molecule has 2 heterocycles. The summed E-state index contributed by atoms with van der Waals surface area (Å²) in [6.07, 6.45) is 1.50. The summed E-state index contributed by atoms with van der Waals surface area (Å²) in [5, 5.41) is 0. The highest BCUT2D eigenvalue weighted by atomic mass is 32.1. The van der Waals surface area contributed by atoms with E-state index in [0.29, 0.717) is 27.2 Å². The molecule has 0 unspecified atom stereocenters. The van der Waals surface area contributed by atoms with Gasteiger partial charge >= 0.3 is 12.6 Å².